The SMILES string of the molecule is COC(=O)NC(C(=O)N[C@@H](Cc1ccc(C#Cc2ccc(N3CC4CCC(C3)N4CC(F)F)nc2)cc1)[C@@H](O)CN(Cc1c(F)cc(C(=N)/C=C\NC(F)F)cc1F)NC(=O)[C@@H](NC(=O)OC)C(C)(C)C(F)(F)F)C(C)(C)C(F)(F)F. The smallest absolute Gasteiger partial charge is 0.407 e. The number of amides is 4. The molecular weight excluding hydrogens is 1100 g/mol. The van der Waals surface area contributed by atoms with Crippen LogP contribution in [0, 0.1) is 39.7 Å². The lowest BCUT2D eigenvalue weighted by Gasteiger charge is -2.41. The Balaban J connectivity index is 1.50. The molecule has 0 spiro atoms. The van der Waals surface area contributed by atoms with Gasteiger partial charge in [0.05, 0.1) is 49.5 Å². The first kappa shape index (κ1) is 64.5. The molecule has 2 aliphatic heterocycles. The quantitative estimate of drug-likeness (QED) is 0.0180. The van der Waals surface area contributed by atoms with Crippen molar-refractivity contribution in [2.45, 2.75) is 115 Å². The number of nitrogens with one attached hydrogen (secondary N) is 6. The number of aliphatic hydroxyl groups excluding tert-OH is 1. The van der Waals surface area contributed by atoms with Gasteiger partial charge in [-0.1, -0.05) is 24.0 Å². The minimum atomic E-state index is -5.25. The Morgan fingerprint density at radius 2 is 1.32 bits per heavy atom. The van der Waals surface area contributed by atoms with Gasteiger partial charge in [-0.05, 0) is 95.0 Å². The molecule has 2 saturated heterocycles. The van der Waals surface area contributed by atoms with E-state index in [9.17, 15) is 68.2 Å². The van der Waals surface area contributed by atoms with Crippen LogP contribution < -0.4 is 31.6 Å². The lowest BCUT2D eigenvalue weighted by Crippen LogP contribution is -2.63. The molecule has 3 heterocycles. The molecule has 2 aliphatic rings. The van der Waals surface area contributed by atoms with Crippen molar-refractivity contribution >= 4 is 35.5 Å². The number of alkyl carbamates (subject to hydrolysis) is 2. The fraction of sp³-hybridized carbons (Fsp3) is 0.500. The molecule has 0 saturated carbocycles. The first-order valence-electron chi connectivity index (χ1n) is 24.8. The molecule has 2 aromatic carbocycles. The zero-order valence-electron chi connectivity index (χ0n) is 44.3. The average molecular weight is 1170 g/mol. The number of rotatable bonds is 22. The lowest BCUT2D eigenvalue weighted by molar-refractivity contribution is -0.221. The van der Waals surface area contributed by atoms with Gasteiger partial charge in [0.1, 0.15) is 29.5 Å². The van der Waals surface area contributed by atoms with E-state index in [0.29, 0.717) is 81.1 Å². The van der Waals surface area contributed by atoms with Crippen LogP contribution in [0.25, 0.3) is 0 Å². The van der Waals surface area contributed by atoms with Crippen molar-refractivity contribution in [2.75, 3.05) is 45.3 Å². The fourth-order valence-electron chi connectivity index (χ4n) is 8.91. The van der Waals surface area contributed by atoms with E-state index in [0.717, 1.165) is 33.1 Å². The largest absolute Gasteiger partial charge is 0.453 e. The van der Waals surface area contributed by atoms with Crippen molar-refractivity contribution in [1.29, 1.82) is 5.41 Å². The van der Waals surface area contributed by atoms with E-state index in [2.05, 4.69) is 31.6 Å². The topological polar surface area (TPSA) is 214 Å². The maximum atomic E-state index is 15.9. The third-order valence-corrected chi connectivity index (χ3v) is 13.9. The lowest BCUT2D eigenvalue weighted by atomic mass is 9.82. The summed E-state index contributed by atoms with van der Waals surface area (Å²) in [6.45, 7) is -2.50. The summed E-state index contributed by atoms with van der Waals surface area (Å²) in [5, 5.41) is 27.9. The molecule has 3 unspecified atom stereocenters. The molecule has 17 nitrogen and oxygen atoms in total. The van der Waals surface area contributed by atoms with Gasteiger partial charge in [0, 0.05) is 72.9 Å². The second kappa shape index (κ2) is 27.0. The molecule has 7 N–H and O–H groups in total. The van der Waals surface area contributed by atoms with Crippen LogP contribution in [-0.4, -0.2) is 152 Å². The standard InChI is InChI=1S/C52H60F12N10O7/c1-49(2,51(59,60)61)42(69-47(78)80-5)44(76)68-38(19-29-10-7-28(8-11-29)9-12-30-13-16-41(67-22-30)72-23-32-14-15-33(24-72)74(32)27-40(55)56)39(75)26-73(71-45(77)43(70-48(79)81-6)50(3,4)52(62,63)64)25-34-35(53)20-31(21-36(34)54)37(65)17-18-66-46(57)58/h7-8,10-11,13,16-18,20-22,32-33,38-40,42-43,46,65-66,75H,14-15,19,23-27H2,1-6H3,(H,68,76)(H,69,78)(H,70,79)(H,71,77)/b18-17-,65-37?/t32?,33?,38-,39-,42?,43+/m0/s1. The third-order valence-electron chi connectivity index (χ3n) is 13.9. The number of fused-ring (bicyclic) bond motifs is 2. The summed E-state index contributed by atoms with van der Waals surface area (Å²) in [7, 11) is 1.56. The van der Waals surface area contributed by atoms with Gasteiger partial charge in [0.15, 0.2) is 0 Å². The van der Waals surface area contributed by atoms with Crippen LogP contribution in [0.2, 0.25) is 0 Å². The van der Waals surface area contributed by atoms with Crippen LogP contribution in [0.3, 0.4) is 0 Å². The van der Waals surface area contributed by atoms with Gasteiger partial charge >= 0.3 is 31.1 Å². The zero-order chi connectivity index (χ0) is 60.4. The first-order valence-corrected chi connectivity index (χ1v) is 24.8. The van der Waals surface area contributed by atoms with Crippen LogP contribution >= 0.6 is 0 Å². The van der Waals surface area contributed by atoms with E-state index < -0.39 is 132 Å². The molecular formula is C52H60F12N10O7. The number of allylic oxidation sites excluding steroid dienone is 1. The molecule has 1 aromatic heterocycles. The van der Waals surface area contributed by atoms with Gasteiger partial charge in [-0.3, -0.25) is 19.9 Å². The van der Waals surface area contributed by atoms with E-state index >= 15 is 8.78 Å². The van der Waals surface area contributed by atoms with Crippen molar-refractivity contribution in [1.82, 2.24) is 41.6 Å². The molecule has 0 radical (unpaired) electrons. The number of benzene rings is 2. The Hall–Kier alpha value is -7.32. The summed E-state index contributed by atoms with van der Waals surface area (Å²) in [4.78, 5) is 61.1. The summed E-state index contributed by atoms with van der Waals surface area (Å²) in [5.74, 6) is 0.255. The van der Waals surface area contributed by atoms with Crippen LogP contribution in [0.15, 0.2) is 67.0 Å². The molecule has 4 amide bonds. The molecule has 444 valence electrons. The van der Waals surface area contributed by atoms with Crippen LogP contribution in [0.1, 0.15) is 68.4 Å². The minimum absolute atomic E-state index is 0.0333. The molecule has 3 aromatic rings. The van der Waals surface area contributed by atoms with Crippen molar-refractivity contribution in [3.63, 3.8) is 0 Å². The van der Waals surface area contributed by atoms with Gasteiger partial charge < -0.3 is 46.2 Å². The van der Waals surface area contributed by atoms with Gasteiger partial charge in [-0.15, -0.1) is 0 Å². The fourth-order valence-corrected chi connectivity index (χ4v) is 8.91. The average Bonchev–Trinajstić information content (AvgIpc) is 3.69. The second-order valence-electron chi connectivity index (χ2n) is 20.2. The number of hydrogen-bond acceptors (Lipinski definition) is 13. The summed E-state index contributed by atoms with van der Waals surface area (Å²) in [6.07, 6.45) is -14.2. The third kappa shape index (κ3) is 16.9. The summed E-state index contributed by atoms with van der Waals surface area (Å²) >= 11 is 0. The number of aliphatic hydroxyl groups is 1. The van der Waals surface area contributed by atoms with E-state index in [1.165, 1.54) is 30.5 Å². The number of carbonyl (C=O) groups is 4. The molecule has 29 heteroatoms. The number of carbonyl (C=O) groups excluding carboxylic acids is 4. The molecule has 6 atom stereocenters. The van der Waals surface area contributed by atoms with E-state index in [1.807, 2.05) is 20.5 Å². The van der Waals surface area contributed by atoms with Crippen molar-refractivity contribution in [3.8, 4) is 11.8 Å². The Bertz CT molecular complexity index is 2760. The number of hydrazine groups is 1. The van der Waals surface area contributed by atoms with E-state index in [1.54, 1.807) is 22.8 Å². The number of ether oxygens (including phenoxy) is 2. The monoisotopic (exact) mass is 1160 g/mol. The maximum Gasteiger partial charge on any atom is 0.407 e. The van der Waals surface area contributed by atoms with Gasteiger partial charge in [0.25, 0.3) is 12.3 Å². The number of methoxy groups -OCH3 is 2. The highest BCUT2D eigenvalue weighted by Gasteiger charge is 2.57. The highest BCUT2D eigenvalue weighted by molar-refractivity contribution is 6.06. The number of halogens is 12. The minimum Gasteiger partial charge on any atom is -0.453 e. The predicted octanol–water partition coefficient (Wildman–Crippen LogP) is 6.92. The zero-order valence-corrected chi connectivity index (χ0v) is 44.3. The molecule has 2 bridgehead atoms. The van der Waals surface area contributed by atoms with Gasteiger partial charge in [-0.2, -0.15) is 35.1 Å². The number of aromatic nitrogens is 1. The predicted molar refractivity (Wildman–Crippen MR) is 268 cm³/mol. The van der Waals surface area contributed by atoms with Crippen molar-refractivity contribution in [2.24, 2.45) is 10.8 Å². The molecule has 5 rings (SSSR count). The van der Waals surface area contributed by atoms with Crippen molar-refractivity contribution in [3.05, 3.63) is 106 Å². The number of pyridine rings is 1. The molecule has 81 heavy (non-hydrogen) atoms. The highest BCUT2D eigenvalue weighted by Crippen LogP contribution is 2.42. The first-order chi connectivity index (χ1) is 37.7. The van der Waals surface area contributed by atoms with Gasteiger partial charge in [0.2, 0.25) is 5.91 Å². The Labute approximate surface area is 457 Å². The highest BCUT2D eigenvalue weighted by atomic mass is 19.4. The summed E-state index contributed by atoms with van der Waals surface area (Å²) in [6, 6.07) is 3.48. The molecule has 0 aliphatic carbocycles. The number of piperazine rings is 1. The van der Waals surface area contributed by atoms with E-state index in [4.69, 9.17) is 5.41 Å². The van der Waals surface area contributed by atoms with Crippen LogP contribution in [-0.2, 0) is 32.0 Å². The summed E-state index contributed by atoms with van der Waals surface area (Å²) < 4.78 is 179. The normalized spacial score (nSPS) is 17.5. The van der Waals surface area contributed by atoms with E-state index in [-0.39, 0.29) is 24.2 Å². The number of anilines is 1. The second-order valence-corrected chi connectivity index (χ2v) is 20.2. The van der Waals surface area contributed by atoms with Crippen molar-refractivity contribution < 1.29 is 86.4 Å². The Morgan fingerprint density at radius 1 is 0.802 bits per heavy atom. The van der Waals surface area contributed by atoms with Crippen LogP contribution in [0.5, 0.6) is 0 Å². The number of hydrogen-bond donors (Lipinski definition) is 7. The Kier molecular flexibility index (Phi) is 21.5. The van der Waals surface area contributed by atoms with Crippen LogP contribution in [0.4, 0.5) is 68.1 Å². The molecule has 2 fully saturated rings. The number of alkyl halides is 10. The Morgan fingerprint density at radius 3 is 1.80 bits per heavy atom. The number of nitrogens with zero attached hydrogens (tertiary/aromatic N) is 4. The summed E-state index contributed by atoms with van der Waals surface area (Å²) in [5.41, 5.74) is -5.31. The maximum absolute atomic E-state index is 15.9. The van der Waals surface area contributed by atoms with Gasteiger partial charge in [-0.25, -0.2) is 37.1 Å².